The van der Waals surface area contributed by atoms with E-state index >= 15 is 0 Å². The van der Waals surface area contributed by atoms with Gasteiger partial charge in [-0.3, -0.25) is 0 Å². The van der Waals surface area contributed by atoms with E-state index in [1.54, 1.807) is 0 Å². The predicted octanol–water partition coefficient (Wildman–Crippen LogP) is 2.94. The van der Waals surface area contributed by atoms with E-state index < -0.39 is 23.4 Å². The Morgan fingerprint density at radius 2 is 1.94 bits per heavy atom. The van der Waals surface area contributed by atoms with Gasteiger partial charge in [0.1, 0.15) is 17.5 Å². The Balaban J connectivity index is 1.87. The molecule has 0 amide bonds. The van der Waals surface area contributed by atoms with Crippen LogP contribution in [0.2, 0.25) is 5.02 Å². The molecule has 0 saturated carbocycles. The third kappa shape index (κ3) is 1.86. The van der Waals surface area contributed by atoms with Gasteiger partial charge in [0, 0.05) is 11.6 Å². The average Bonchev–Trinajstić information content (AvgIpc) is 3.03. The number of hydrogen-bond donors (Lipinski definition) is 0. The maximum atomic E-state index is 13.9. The summed E-state index contributed by atoms with van der Waals surface area (Å²) in [5.74, 6) is -1.53. The third-order valence-electron chi connectivity index (χ3n) is 3.57. The van der Waals surface area contributed by atoms with E-state index in [9.17, 15) is 13.2 Å². The van der Waals surface area contributed by atoms with Crippen LogP contribution in [0.3, 0.4) is 0 Å². The van der Waals surface area contributed by atoms with Gasteiger partial charge in [-0.15, -0.1) is 0 Å². The SMILES string of the molecule is Fc1cc(Cl)cc(F)c1N1CCC2(CO2)C(F)C1. The number of epoxide rings is 1. The van der Waals surface area contributed by atoms with Crippen molar-refractivity contribution in [2.75, 3.05) is 24.6 Å². The molecule has 1 spiro atoms. The number of alkyl halides is 1. The number of piperidine rings is 1. The van der Waals surface area contributed by atoms with E-state index in [0.29, 0.717) is 19.6 Å². The molecule has 2 fully saturated rings. The van der Waals surface area contributed by atoms with Crippen LogP contribution < -0.4 is 4.90 Å². The van der Waals surface area contributed by atoms with E-state index in [1.807, 2.05) is 0 Å². The fourth-order valence-corrected chi connectivity index (χ4v) is 2.58. The van der Waals surface area contributed by atoms with Crippen molar-refractivity contribution in [1.82, 2.24) is 0 Å². The monoisotopic (exact) mass is 277 g/mol. The first-order valence-corrected chi connectivity index (χ1v) is 6.07. The van der Waals surface area contributed by atoms with Crippen molar-refractivity contribution in [1.29, 1.82) is 0 Å². The Hall–Kier alpha value is -0.940. The molecule has 18 heavy (non-hydrogen) atoms. The van der Waals surface area contributed by atoms with Gasteiger partial charge in [-0.2, -0.15) is 0 Å². The van der Waals surface area contributed by atoms with Gasteiger partial charge >= 0.3 is 0 Å². The number of ether oxygens (including phenoxy) is 1. The normalized spacial score (nSPS) is 30.9. The zero-order valence-electron chi connectivity index (χ0n) is 9.43. The van der Waals surface area contributed by atoms with Crippen LogP contribution in [0.5, 0.6) is 0 Å². The van der Waals surface area contributed by atoms with Gasteiger partial charge in [0.05, 0.1) is 13.2 Å². The second kappa shape index (κ2) is 4.03. The summed E-state index contributed by atoms with van der Waals surface area (Å²) in [5.41, 5.74) is -0.909. The highest BCUT2D eigenvalue weighted by Crippen LogP contribution is 2.41. The molecule has 2 aliphatic rings. The smallest absolute Gasteiger partial charge is 0.151 e. The molecular weight excluding hydrogens is 267 g/mol. The highest BCUT2D eigenvalue weighted by molar-refractivity contribution is 6.30. The second-order valence-electron chi connectivity index (χ2n) is 4.74. The van der Waals surface area contributed by atoms with Crippen LogP contribution in [0.4, 0.5) is 18.9 Å². The number of hydrogen-bond acceptors (Lipinski definition) is 2. The summed E-state index contributed by atoms with van der Waals surface area (Å²) in [6, 6.07) is 2.07. The van der Waals surface area contributed by atoms with Crippen LogP contribution in [-0.4, -0.2) is 31.5 Å². The van der Waals surface area contributed by atoms with E-state index in [0.717, 1.165) is 12.1 Å². The van der Waals surface area contributed by atoms with Gasteiger partial charge < -0.3 is 9.64 Å². The molecule has 2 nitrogen and oxygen atoms in total. The van der Waals surface area contributed by atoms with Crippen LogP contribution in [0, 0.1) is 11.6 Å². The molecule has 2 unspecified atom stereocenters. The molecule has 0 aliphatic carbocycles. The van der Waals surface area contributed by atoms with Crippen molar-refractivity contribution in [3.05, 3.63) is 28.8 Å². The first kappa shape index (κ1) is 12.1. The standard InChI is InChI=1S/C12H11ClF3NO/c13-7-3-8(14)11(9(15)4-7)17-2-1-12(6-18-12)10(16)5-17/h3-4,10H,1-2,5-6H2. The van der Waals surface area contributed by atoms with Crippen LogP contribution in [-0.2, 0) is 4.74 Å². The molecule has 2 saturated heterocycles. The molecule has 2 atom stereocenters. The minimum atomic E-state index is -1.22. The lowest BCUT2D eigenvalue weighted by atomic mass is 9.95. The second-order valence-corrected chi connectivity index (χ2v) is 5.17. The Labute approximate surface area is 107 Å². The molecule has 1 aromatic rings. The van der Waals surface area contributed by atoms with Gasteiger partial charge in [-0.1, -0.05) is 11.6 Å². The Kier molecular flexibility index (Phi) is 2.71. The maximum absolute atomic E-state index is 13.9. The predicted molar refractivity (Wildman–Crippen MR) is 61.8 cm³/mol. The molecule has 0 N–H and O–H groups in total. The lowest BCUT2D eigenvalue weighted by Crippen LogP contribution is -2.47. The highest BCUT2D eigenvalue weighted by Gasteiger charge is 2.55. The molecule has 0 radical (unpaired) electrons. The number of nitrogens with zero attached hydrogens (tertiary/aromatic N) is 1. The quantitative estimate of drug-likeness (QED) is 0.734. The van der Waals surface area contributed by atoms with Gasteiger partial charge in [-0.25, -0.2) is 13.2 Å². The molecule has 98 valence electrons. The van der Waals surface area contributed by atoms with Crippen molar-refractivity contribution in [3.63, 3.8) is 0 Å². The van der Waals surface area contributed by atoms with Crippen molar-refractivity contribution < 1.29 is 17.9 Å². The molecule has 0 aromatic heterocycles. The molecule has 6 heteroatoms. The average molecular weight is 278 g/mol. The summed E-state index contributed by atoms with van der Waals surface area (Å²) in [6.45, 7) is 0.707. The first-order valence-electron chi connectivity index (χ1n) is 5.69. The fourth-order valence-electron chi connectivity index (χ4n) is 2.39. The van der Waals surface area contributed by atoms with Crippen molar-refractivity contribution in [3.8, 4) is 0 Å². The van der Waals surface area contributed by atoms with Gasteiger partial charge in [0.25, 0.3) is 0 Å². The fraction of sp³-hybridized carbons (Fsp3) is 0.500. The topological polar surface area (TPSA) is 15.8 Å². The lowest BCUT2D eigenvalue weighted by molar-refractivity contribution is 0.137. The third-order valence-corrected chi connectivity index (χ3v) is 3.79. The van der Waals surface area contributed by atoms with Crippen LogP contribution in [0.25, 0.3) is 0 Å². The molecule has 0 bridgehead atoms. The Bertz CT molecular complexity index is 469. The number of halogens is 4. The number of rotatable bonds is 1. The van der Waals surface area contributed by atoms with Crippen LogP contribution in [0.15, 0.2) is 12.1 Å². The highest BCUT2D eigenvalue weighted by atomic mass is 35.5. The van der Waals surface area contributed by atoms with Crippen molar-refractivity contribution in [2.45, 2.75) is 18.2 Å². The summed E-state index contributed by atoms with van der Waals surface area (Å²) in [4.78, 5) is 1.37. The zero-order valence-corrected chi connectivity index (χ0v) is 10.2. The van der Waals surface area contributed by atoms with E-state index in [-0.39, 0.29) is 17.3 Å². The van der Waals surface area contributed by atoms with E-state index in [1.165, 1.54) is 4.90 Å². The largest absolute Gasteiger partial charge is 0.366 e. The van der Waals surface area contributed by atoms with Gasteiger partial charge in [0.2, 0.25) is 0 Å². The van der Waals surface area contributed by atoms with E-state index in [2.05, 4.69) is 0 Å². The van der Waals surface area contributed by atoms with Crippen molar-refractivity contribution >= 4 is 17.3 Å². The van der Waals surface area contributed by atoms with Gasteiger partial charge in [-0.05, 0) is 18.6 Å². The number of anilines is 1. The van der Waals surface area contributed by atoms with E-state index in [4.69, 9.17) is 16.3 Å². The lowest BCUT2D eigenvalue weighted by Gasteiger charge is -2.34. The van der Waals surface area contributed by atoms with Gasteiger partial charge in [0.15, 0.2) is 11.6 Å². The van der Waals surface area contributed by atoms with Crippen LogP contribution >= 0.6 is 11.6 Å². The number of benzene rings is 1. The minimum Gasteiger partial charge on any atom is -0.366 e. The molecule has 2 heterocycles. The summed E-state index contributed by atoms with van der Waals surface area (Å²) in [7, 11) is 0. The van der Waals surface area contributed by atoms with Crippen LogP contribution in [0.1, 0.15) is 6.42 Å². The molecular formula is C12H11ClF3NO. The summed E-state index contributed by atoms with van der Waals surface area (Å²) < 4.78 is 46.4. The summed E-state index contributed by atoms with van der Waals surface area (Å²) in [6.07, 6.45) is -0.781. The molecule has 3 rings (SSSR count). The maximum Gasteiger partial charge on any atom is 0.151 e. The zero-order chi connectivity index (χ0) is 12.9. The Morgan fingerprint density at radius 1 is 1.33 bits per heavy atom. The minimum absolute atomic E-state index is 0.00967. The summed E-state index contributed by atoms with van der Waals surface area (Å²) >= 11 is 5.55. The first-order chi connectivity index (χ1) is 8.52. The summed E-state index contributed by atoms with van der Waals surface area (Å²) in [5, 5.41) is -0.00967. The molecule has 2 aliphatic heterocycles. The van der Waals surface area contributed by atoms with Crippen molar-refractivity contribution in [2.24, 2.45) is 0 Å². The Morgan fingerprint density at radius 3 is 2.44 bits per heavy atom. The molecule has 1 aromatic carbocycles.